The van der Waals surface area contributed by atoms with Crippen LogP contribution in [-0.2, 0) is 11.3 Å². The van der Waals surface area contributed by atoms with Crippen molar-refractivity contribution in [2.24, 2.45) is 0 Å². The van der Waals surface area contributed by atoms with Gasteiger partial charge in [0.2, 0.25) is 0 Å². The van der Waals surface area contributed by atoms with Crippen molar-refractivity contribution in [3.8, 4) is 0 Å². The number of benzene rings is 1. The van der Waals surface area contributed by atoms with Gasteiger partial charge in [-0.15, -0.1) is 0 Å². The normalized spacial score (nSPS) is 13.1. The minimum Gasteiger partial charge on any atom is -0.385 e. The first-order chi connectivity index (χ1) is 8.63. The van der Waals surface area contributed by atoms with Crippen molar-refractivity contribution in [3.05, 3.63) is 29.0 Å². The number of aromatic nitrogens is 2. The molecule has 1 heterocycles. The molecule has 2 rings (SSSR count). The Morgan fingerprint density at radius 2 is 2.28 bits per heavy atom. The molecule has 0 amide bonds. The smallest absolute Gasteiger partial charge is 0.138 e. The van der Waals surface area contributed by atoms with Gasteiger partial charge in [-0.25, -0.2) is 4.98 Å². The summed E-state index contributed by atoms with van der Waals surface area (Å²) >= 11 is 6.01. The summed E-state index contributed by atoms with van der Waals surface area (Å²) in [6.07, 6.45) is -0.613. The number of aliphatic hydroxyl groups excluding tert-OH is 1. The molecule has 1 atom stereocenters. The lowest BCUT2D eigenvalue weighted by atomic mass is 10.3. The van der Waals surface area contributed by atoms with E-state index in [2.05, 4.69) is 4.98 Å². The minimum atomic E-state index is -0.613. The highest BCUT2D eigenvalue weighted by Crippen LogP contribution is 2.23. The zero-order chi connectivity index (χ0) is 13.1. The van der Waals surface area contributed by atoms with Crippen LogP contribution in [0.15, 0.2) is 18.2 Å². The monoisotopic (exact) mass is 268 g/mol. The van der Waals surface area contributed by atoms with Gasteiger partial charge in [0.05, 0.1) is 17.6 Å². The van der Waals surface area contributed by atoms with Crippen LogP contribution < -0.4 is 0 Å². The van der Waals surface area contributed by atoms with E-state index in [0.29, 0.717) is 30.6 Å². The summed E-state index contributed by atoms with van der Waals surface area (Å²) in [6, 6.07) is 5.53. The Kier molecular flexibility index (Phi) is 4.22. The van der Waals surface area contributed by atoms with Crippen molar-refractivity contribution >= 4 is 22.6 Å². The fourth-order valence-corrected chi connectivity index (χ4v) is 2.13. The van der Waals surface area contributed by atoms with Crippen molar-refractivity contribution in [3.63, 3.8) is 0 Å². The second kappa shape index (κ2) is 5.69. The van der Waals surface area contributed by atoms with Crippen molar-refractivity contribution < 1.29 is 9.84 Å². The fraction of sp³-hybridized carbons (Fsp3) is 0.462. The first-order valence-corrected chi connectivity index (χ1v) is 6.42. The number of hydrogen-bond donors (Lipinski definition) is 1. The zero-order valence-electron chi connectivity index (χ0n) is 10.6. The molecule has 5 heteroatoms. The molecule has 0 aliphatic heterocycles. The van der Waals surface area contributed by atoms with Gasteiger partial charge in [-0.05, 0) is 32.0 Å². The van der Waals surface area contributed by atoms with Gasteiger partial charge in [0, 0.05) is 18.2 Å². The lowest BCUT2D eigenvalue weighted by molar-refractivity contribution is 0.134. The number of fused-ring (bicyclic) bond motifs is 1. The molecule has 0 saturated carbocycles. The Balaban J connectivity index is 2.43. The van der Waals surface area contributed by atoms with E-state index in [1.54, 1.807) is 13.0 Å². The largest absolute Gasteiger partial charge is 0.385 e. The third kappa shape index (κ3) is 2.66. The van der Waals surface area contributed by atoms with Crippen LogP contribution in [0.5, 0.6) is 0 Å². The van der Waals surface area contributed by atoms with E-state index in [0.717, 1.165) is 11.0 Å². The van der Waals surface area contributed by atoms with E-state index < -0.39 is 6.10 Å². The number of nitrogens with zero attached hydrogens (tertiary/aromatic N) is 2. The van der Waals surface area contributed by atoms with Gasteiger partial charge in [-0.2, -0.15) is 0 Å². The highest BCUT2D eigenvalue weighted by molar-refractivity contribution is 6.31. The summed E-state index contributed by atoms with van der Waals surface area (Å²) in [6.45, 7) is 5.59. The topological polar surface area (TPSA) is 47.3 Å². The molecule has 1 aromatic heterocycles. The summed E-state index contributed by atoms with van der Waals surface area (Å²) in [4.78, 5) is 4.43. The highest BCUT2D eigenvalue weighted by atomic mass is 35.5. The maximum Gasteiger partial charge on any atom is 0.138 e. The van der Waals surface area contributed by atoms with Crippen molar-refractivity contribution in [1.29, 1.82) is 0 Å². The molecule has 1 aromatic carbocycles. The molecule has 1 N–H and O–H groups in total. The number of imidazole rings is 1. The van der Waals surface area contributed by atoms with Gasteiger partial charge >= 0.3 is 0 Å². The average Bonchev–Trinajstić information content (AvgIpc) is 2.68. The van der Waals surface area contributed by atoms with Crippen LogP contribution in [0.4, 0.5) is 0 Å². The van der Waals surface area contributed by atoms with E-state index >= 15 is 0 Å². The molecule has 0 spiro atoms. The van der Waals surface area contributed by atoms with E-state index in [-0.39, 0.29) is 0 Å². The van der Waals surface area contributed by atoms with E-state index in [4.69, 9.17) is 16.3 Å². The van der Waals surface area contributed by atoms with Crippen LogP contribution in [0, 0.1) is 0 Å². The minimum absolute atomic E-state index is 0.591. The molecular weight excluding hydrogens is 252 g/mol. The molecule has 4 nitrogen and oxygen atoms in total. The number of hydrogen-bond acceptors (Lipinski definition) is 3. The quantitative estimate of drug-likeness (QED) is 0.849. The summed E-state index contributed by atoms with van der Waals surface area (Å²) in [5.41, 5.74) is 1.77. The van der Waals surface area contributed by atoms with E-state index in [1.165, 1.54) is 0 Å². The second-order valence-corrected chi connectivity index (χ2v) is 4.56. The molecule has 0 saturated heterocycles. The highest BCUT2D eigenvalue weighted by Gasteiger charge is 2.14. The van der Waals surface area contributed by atoms with Crippen LogP contribution in [0.2, 0.25) is 5.02 Å². The second-order valence-electron chi connectivity index (χ2n) is 4.13. The maximum absolute atomic E-state index is 9.77. The molecule has 0 fully saturated rings. The zero-order valence-corrected chi connectivity index (χ0v) is 11.3. The van der Waals surface area contributed by atoms with E-state index in [9.17, 15) is 5.11 Å². The first-order valence-electron chi connectivity index (χ1n) is 6.05. The van der Waals surface area contributed by atoms with Gasteiger partial charge in [0.15, 0.2) is 0 Å². The van der Waals surface area contributed by atoms with Crippen molar-refractivity contribution in [2.45, 2.75) is 26.5 Å². The maximum atomic E-state index is 9.77. The van der Waals surface area contributed by atoms with Crippen LogP contribution in [0.3, 0.4) is 0 Å². The van der Waals surface area contributed by atoms with Crippen LogP contribution in [-0.4, -0.2) is 27.9 Å². The first kappa shape index (κ1) is 13.3. The molecule has 98 valence electrons. The number of aliphatic hydroxyl groups is 1. The molecule has 0 aliphatic rings. The Labute approximate surface area is 111 Å². The van der Waals surface area contributed by atoms with Gasteiger partial charge in [-0.1, -0.05) is 11.6 Å². The SMILES string of the molecule is CCOCCn1c([C@H](C)O)nc2ccc(Cl)cc21. The molecule has 0 radical (unpaired) electrons. The molecule has 0 unspecified atom stereocenters. The van der Waals surface area contributed by atoms with Crippen LogP contribution in [0.25, 0.3) is 11.0 Å². The summed E-state index contributed by atoms with van der Waals surface area (Å²) in [5.74, 6) is 0.645. The molecule has 18 heavy (non-hydrogen) atoms. The number of rotatable bonds is 5. The molecule has 0 aliphatic carbocycles. The predicted octanol–water partition coefficient (Wildman–Crippen LogP) is 2.78. The van der Waals surface area contributed by atoms with Gasteiger partial charge in [0.1, 0.15) is 11.9 Å². The van der Waals surface area contributed by atoms with Crippen molar-refractivity contribution in [1.82, 2.24) is 9.55 Å². The van der Waals surface area contributed by atoms with E-state index in [1.807, 2.05) is 23.6 Å². The van der Waals surface area contributed by atoms with Gasteiger partial charge < -0.3 is 14.4 Å². The molecule has 0 bridgehead atoms. The Hall–Kier alpha value is -1.10. The van der Waals surface area contributed by atoms with Gasteiger partial charge in [-0.3, -0.25) is 0 Å². The van der Waals surface area contributed by atoms with Crippen LogP contribution >= 0.6 is 11.6 Å². The fourth-order valence-electron chi connectivity index (χ4n) is 1.97. The third-order valence-electron chi connectivity index (χ3n) is 2.78. The number of ether oxygens (including phenoxy) is 1. The Morgan fingerprint density at radius 1 is 1.50 bits per heavy atom. The van der Waals surface area contributed by atoms with Crippen LogP contribution in [0.1, 0.15) is 25.8 Å². The number of halogens is 1. The molecular formula is C13H17ClN2O2. The molecule has 2 aromatic rings. The van der Waals surface area contributed by atoms with Crippen molar-refractivity contribution in [2.75, 3.05) is 13.2 Å². The third-order valence-corrected chi connectivity index (χ3v) is 3.01. The summed E-state index contributed by atoms with van der Waals surface area (Å²) < 4.78 is 7.32. The Bertz CT molecular complexity index is 537. The lowest BCUT2D eigenvalue weighted by Crippen LogP contribution is -2.11. The lowest BCUT2D eigenvalue weighted by Gasteiger charge is -2.10. The predicted molar refractivity (Wildman–Crippen MR) is 71.9 cm³/mol. The Morgan fingerprint density at radius 3 is 2.94 bits per heavy atom. The summed E-state index contributed by atoms with van der Waals surface area (Å²) in [7, 11) is 0. The standard InChI is InChI=1S/C13H17ClN2O2/c1-3-18-7-6-16-12-8-10(14)4-5-11(12)15-13(16)9(2)17/h4-5,8-9,17H,3,6-7H2,1-2H3/t9-/m0/s1. The van der Waals surface area contributed by atoms with Gasteiger partial charge in [0.25, 0.3) is 0 Å². The summed E-state index contributed by atoms with van der Waals surface area (Å²) in [5, 5.41) is 10.4. The average molecular weight is 269 g/mol.